The molecular weight excluding hydrogens is 462 g/mol. The van der Waals surface area contributed by atoms with Crippen LogP contribution >= 0.6 is 11.6 Å². The first-order valence-corrected chi connectivity index (χ1v) is 11.2. The Morgan fingerprint density at radius 1 is 1.22 bits per heavy atom. The molecule has 11 nitrogen and oxygen atoms in total. The number of aliphatic hydroxyl groups is 1. The molecule has 2 atom stereocenters. The van der Waals surface area contributed by atoms with Crippen molar-refractivity contribution in [3.63, 3.8) is 0 Å². The highest BCUT2D eigenvalue weighted by atomic mass is 35.5. The third-order valence-corrected chi connectivity index (χ3v) is 6.18. The molecule has 0 amide bonds. The number of sulfonamides is 1. The summed E-state index contributed by atoms with van der Waals surface area (Å²) in [6.07, 6.45) is 3.33. The Balaban J connectivity index is 2.05. The van der Waals surface area contributed by atoms with Crippen LogP contribution in [-0.2, 0) is 14.8 Å². The molecule has 0 saturated carbocycles. The SMILES string of the molecule is CCC(Nc1c(Nc2ccc(Cl)c(S(N)(=O)=O)c2C(O)OC)c(=O)c1=O)c1cnccn1. The molecule has 0 radical (unpaired) electrons. The highest BCUT2D eigenvalue weighted by Gasteiger charge is 2.29. The van der Waals surface area contributed by atoms with Crippen LogP contribution in [0.1, 0.15) is 36.9 Å². The second-order valence-corrected chi connectivity index (χ2v) is 8.64. The van der Waals surface area contributed by atoms with E-state index in [9.17, 15) is 23.1 Å². The topological polar surface area (TPSA) is 174 Å². The molecule has 0 aliphatic heterocycles. The van der Waals surface area contributed by atoms with Crippen molar-refractivity contribution in [2.45, 2.75) is 30.6 Å². The van der Waals surface area contributed by atoms with Crippen molar-refractivity contribution in [3.8, 4) is 0 Å². The molecule has 0 aliphatic rings. The molecule has 0 fully saturated rings. The standard InChI is InChI=1S/C19H20ClN5O6S/c1-3-10(12-8-22-6-7-23-12)24-14-15(17(27)16(14)26)25-11-5-4-9(20)18(32(21,29)30)13(11)19(28)31-2/h4-8,10,19,24-25,28H,3H2,1-2H3,(H2,21,29,30). The zero-order valence-electron chi connectivity index (χ0n) is 17.0. The Morgan fingerprint density at radius 2 is 1.91 bits per heavy atom. The fraction of sp³-hybridized carbons (Fsp3) is 0.263. The average Bonchev–Trinajstić information content (AvgIpc) is 2.78. The Morgan fingerprint density at radius 3 is 2.47 bits per heavy atom. The summed E-state index contributed by atoms with van der Waals surface area (Å²) in [4.78, 5) is 32.2. The van der Waals surface area contributed by atoms with Crippen molar-refractivity contribution < 1.29 is 18.3 Å². The monoisotopic (exact) mass is 481 g/mol. The third-order valence-electron chi connectivity index (χ3n) is 4.74. The lowest BCUT2D eigenvalue weighted by atomic mass is 10.1. The lowest BCUT2D eigenvalue weighted by Crippen LogP contribution is -2.37. The Labute approximate surface area is 188 Å². The number of hydrogen-bond acceptors (Lipinski definition) is 10. The number of nitrogens with two attached hydrogens (primary N) is 1. The number of rotatable bonds is 9. The number of primary sulfonamides is 1. The first-order chi connectivity index (χ1) is 15.1. The minimum absolute atomic E-state index is 0.0162. The predicted octanol–water partition coefficient (Wildman–Crippen LogP) is 1.32. The number of methoxy groups -OCH3 is 1. The third kappa shape index (κ3) is 4.49. The van der Waals surface area contributed by atoms with Gasteiger partial charge in [-0.05, 0) is 18.6 Å². The van der Waals surface area contributed by atoms with Gasteiger partial charge in [0.15, 0.2) is 6.29 Å². The quantitative estimate of drug-likeness (QED) is 0.257. The van der Waals surface area contributed by atoms with Gasteiger partial charge >= 0.3 is 0 Å². The number of nitrogens with zero attached hydrogens (tertiary/aromatic N) is 2. The van der Waals surface area contributed by atoms with E-state index in [0.717, 1.165) is 7.11 Å². The van der Waals surface area contributed by atoms with Crippen molar-refractivity contribution in [1.82, 2.24) is 9.97 Å². The first-order valence-electron chi connectivity index (χ1n) is 9.28. The van der Waals surface area contributed by atoms with E-state index in [0.29, 0.717) is 12.1 Å². The van der Waals surface area contributed by atoms with Gasteiger partial charge in [-0.3, -0.25) is 19.6 Å². The summed E-state index contributed by atoms with van der Waals surface area (Å²) >= 11 is 6.00. The highest BCUT2D eigenvalue weighted by molar-refractivity contribution is 7.89. The fourth-order valence-corrected chi connectivity index (χ4v) is 4.51. The fourth-order valence-electron chi connectivity index (χ4n) is 3.17. The molecule has 0 spiro atoms. The summed E-state index contributed by atoms with van der Waals surface area (Å²) in [7, 11) is -3.24. The van der Waals surface area contributed by atoms with E-state index in [1.165, 1.54) is 30.7 Å². The molecule has 0 saturated heterocycles. The first kappa shape index (κ1) is 23.8. The molecule has 2 unspecified atom stereocenters. The maximum absolute atomic E-state index is 12.3. The van der Waals surface area contributed by atoms with Gasteiger partial charge in [-0.2, -0.15) is 0 Å². The lowest BCUT2D eigenvalue weighted by Gasteiger charge is -2.23. The van der Waals surface area contributed by atoms with E-state index in [1.54, 1.807) is 0 Å². The normalized spacial score (nSPS) is 13.7. The molecule has 0 bridgehead atoms. The smallest absolute Gasteiger partial charge is 0.253 e. The van der Waals surface area contributed by atoms with Crippen LogP contribution < -0.4 is 26.6 Å². The molecule has 1 heterocycles. The maximum atomic E-state index is 12.3. The largest absolute Gasteiger partial charge is 0.372 e. The van der Waals surface area contributed by atoms with Crippen molar-refractivity contribution >= 4 is 38.7 Å². The second kappa shape index (κ2) is 9.30. The van der Waals surface area contributed by atoms with Crippen molar-refractivity contribution in [2.75, 3.05) is 17.7 Å². The molecular formula is C19H20ClN5O6S. The average molecular weight is 482 g/mol. The van der Waals surface area contributed by atoms with Crippen LogP contribution in [0.3, 0.4) is 0 Å². The number of benzene rings is 1. The van der Waals surface area contributed by atoms with Gasteiger partial charge < -0.3 is 20.5 Å². The van der Waals surface area contributed by atoms with Gasteiger partial charge in [0.25, 0.3) is 10.9 Å². The zero-order valence-corrected chi connectivity index (χ0v) is 18.6. The molecule has 32 heavy (non-hydrogen) atoms. The summed E-state index contributed by atoms with van der Waals surface area (Å²) in [5.74, 6) is 0. The molecule has 170 valence electrons. The summed E-state index contributed by atoms with van der Waals surface area (Å²) in [6, 6.07) is 2.14. The molecule has 3 rings (SSSR count). The minimum Gasteiger partial charge on any atom is -0.372 e. The van der Waals surface area contributed by atoms with Crippen LogP contribution in [0.25, 0.3) is 0 Å². The Hall–Kier alpha value is -2.90. The molecule has 3 aromatic rings. The summed E-state index contributed by atoms with van der Waals surface area (Å²) in [6.45, 7) is 1.86. The zero-order chi connectivity index (χ0) is 23.6. The maximum Gasteiger partial charge on any atom is 0.253 e. The number of nitrogens with one attached hydrogen (secondary N) is 2. The van der Waals surface area contributed by atoms with Gasteiger partial charge in [0.05, 0.1) is 28.5 Å². The van der Waals surface area contributed by atoms with Crippen LogP contribution in [0.2, 0.25) is 5.02 Å². The molecule has 1 aromatic heterocycles. The summed E-state index contributed by atoms with van der Waals surface area (Å²) in [5.41, 5.74) is -1.50. The van der Waals surface area contributed by atoms with Crippen molar-refractivity contribution in [2.24, 2.45) is 5.14 Å². The van der Waals surface area contributed by atoms with E-state index < -0.39 is 38.1 Å². The van der Waals surface area contributed by atoms with Crippen LogP contribution in [0, 0.1) is 0 Å². The lowest BCUT2D eigenvalue weighted by molar-refractivity contribution is -0.0782. The van der Waals surface area contributed by atoms with Crippen molar-refractivity contribution in [3.05, 3.63) is 67.4 Å². The summed E-state index contributed by atoms with van der Waals surface area (Å²) in [5, 5.41) is 20.9. The van der Waals surface area contributed by atoms with E-state index in [4.69, 9.17) is 21.5 Å². The number of ether oxygens (including phenoxy) is 1. The Bertz CT molecular complexity index is 1310. The number of aliphatic hydroxyl groups excluding tert-OH is 1. The van der Waals surface area contributed by atoms with E-state index >= 15 is 0 Å². The number of halogens is 1. The van der Waals surface area contributed by atoms with Gasteiger partial charge in [-0.25, -0.2) is 13.6 Å². The van der Waals surface area contributed by atoms with Crippen LogP contribution in [-0.4, -0.2) is 30.6 Å². The van der Waals surface area contributed by atoms with Gasteiger partial charge in [0, 0.05) is 25.2 Å². The predicted molar refractivity (Wildman–Crippen MR) is 118 cm³/mol. The van der Waals surface area contributed by atoms with Crippen LogP contribution in [0.5, 0.6) is 0 Å². The van der Waals surface area contributed by atoms with Gasteiger partial charge in [0.1, 0.15) is 16.3 Å². The molecule has 5 N–H and O–H groups in total. The van der Waals surface area contributed by atoms with Crippen LogP contribution in [0.15, 0.2) is 45.2 Å². The van der Waals surface area contributed by atoms with E-state index in [-0.39, 0.29) is 27.6 Å². The van der Waals surface area contributed by atoms with Crippen molar-refractivity contribution in [1.29, 1.82) is 0 Å². The molecule has 0 aliphatic carbocycles. The van der Waals surface area contributed by atoms with Gasteiger partial charge in [0.2, 0.25) is 10.0 Å². The molecule has 13 heteroatoms. The second-order valence-electron chi connectivity index (χ2n) is 6.74. The Kier molecular flexibility index (Phi) is 6.91. The highest BCUT2D eigenvalue weighted by Crippen LogP contribution is 2.37. The van der Waals surface area contributed by atoms with E-state index in [1.807, 2.05) is 6.92 Å². The molecule has 2 aromatic carbocycles. The number of hydrogen-bond donors (Lipinski definition) is 4. The minimum atomic E-state index is -4.37. The number of aromatic nitrogens is 2. The number of anilines is 3. The van der Waals surface area contributed by atoms with Gasteiger partial charge in [-0.15, -0.1) is 0 Å². The van der Waals surface area contributed by atoms with E-state index in [2.05, 4.69) is 20.6 Å². The van der Waals surface area contributed by atoms with Gasteiger partial charge in [-0.1, -0.05) is 18.5 Å². The van der Waals surface area contributed by atoms with Crippen LogP contribution in [0.4, 0.5) is 17.1 Å². The summed E-state index contributed by atoms with van der Waals surface area (Å²) < 4.78 is 29.0.